The lowest BCUT2D eigenvalue weighted by molar-refractivity contribution is -0.303. The maximum absolute atomic E-state index is 11.3. The highest BCUT2D eigenvalue weighted by Crippen LogP contribution is 2.28. The first kappa shape index (κ1) is 17.8. The Morgan fingerprint density at radius 2 is 1.48 bits per heavy atom. The van der Waals surface area contributed by atoms with Gasteiger partial charge in [0.05, 0.1) is 6.61 Å². The van der Waals surface area contributed by atoms with Crippen LogP contribution in [0.15, 0.2) is 0 Å². The van der Waals surface area contributed by atoms with Crippen LogP contribution in [-0.4, -0.2) is 70.6 Å². The van der Waals surface area contributed by atoms with Crippen LogP contribution in [0.3, 0.4) is 0 Å². The maximum atomic E-state index is 11.3. The zero-order valence-electron chi connectivity index (χ0n) is 12.9. The molecule has 0 aromatic carbocycles. The van der Waals surface area contributed by atoms with Crippen molar-refractivity contribution in [1.82, 2.24) is 0 Å². The van der Waals surface area contributed by atoms with Crippen LogP contribution in [0.4, 0.5) is 0 Å². The smallest absolute Gasteiger partial charge is 0.305 e. The van der Waals surface area contributed by atoms with Crippen molar-refractivity contribution in [2.24, 2.45) is 0 Å². The molecule has 0 saturated carbocycles. The average Bonchev–Trinajstić information content (AvgIpc) is 2.40. The molecule has 1 heterocycles. The van der Waals surface area contributed by atoms with Gasteiger partial charge in [-0.2, -0.15) is 0 Å². The van der Waals surface area contributed by atoms with Crippen LogP contribution >= 0.6 is 0 Å². The van der Waals surface area contributed by atoms with Crippen LogP contribution in [-0.2, 0) is 38.0 Å². The highest BCUT2D eigenvalue weighted by atomic mass is 16.7. The highest BCUT2D eigenvalue weighted by molar-refractivity contribution is 5.66. The molecule has 0 bridgehead atoms. The van der Waals surface area contributed by atoms with E-state index >= 15 is 0 Å². The Hall–Kier alpha value is -1.22. The number of esters is 2. The van der Waals surface area contributed by atoms with E-state index in [9.17, 15) is 9.59 Å². The van der Waals surface area contributed by atoms with Crippen molar-refractivity contribution in [3.8, 4) is 0 Å². The van der Waals surface area contributed by atoms with Gasteiger partial charge in [-0.1, -0.05) is 0 Å². The Morgan fingerprint density at radius 3 is 1.90 bits per heavy atom. The summed E-state index contributed by atoms with van der Waals surface area (Å²) in [4.78, 5) is 22.5. The Morgan fingerprint density at radius 1 is 0.905 bits per heavy atom. The van der Waals surface area contributed by atoms with Crippen molar-refractivity contribution in [3.63, 3.8) is 0 Å². The summed E-state index contributed by atoms with van der Waals surface area (Å²) >= 11 is 0. The zero-order chi connectivity index (χ0) is 16.0. The average molecular weight is 306 g/mol. The number of methoxy groups -OCH3 is 3. The van der Waals surface area contributed by atoms with E-state index in [2.05, 4.69) is 0 Å². The fourth-order valence-corrected chi connectivity index (χ4v) is 2.29. The van der Waals surface area contributed by atoms with Crippen LogP contribution in [0.5, 0.6) is 0 Å². The van der Waals surface area contributed by atoms with Crippen molar-refractivity contribution in [2.75, 3.05) is 27.9 Å². The minimum absolute atomic E-state index is 0.145. The van der Waals surface area contributed by atoms with Gasteiger partial charge in [0.2, 0.25) is 6.29 Å². The first-order valence-electron chi connectivity index (χ1n) is 6.49. The largest absolute Gasteiger partial charge is 0.457 e. The van der Waals surface area contributed by atoms with E-state index < -0.39 is 42.6 Å². The molecule has 5 atom stereocenters. The quantitative estimate of drug-likeness (QED) is 0.628. The van der Waals surface area contributed by atoms with E-state index in [0.717, 1.165) is 0 Å². The van der Waals surface area contributed by atoms with Crippen LogP contribution in [0.25, 0.3) is 0 Å². The number of rotatable bonds is 6. The minimum Gasteiger partial charge on any atom is -0.457 e. The van der Waals surface area contributed by atoms with Crippen molar-refractivity contribution in [2.45, 2.75) is 44.6 Å². The second kappa shape index (κ2) is 8.28. The molecule has 1 saturated heterocycles. The van der Waals surface area contributed by atoms with Gasteiger partial charge in [0, 0.05) is 35.2 Å². The Kier molecular flexibility index (Phi) is 7.03. The molecule has 0 spiro atoms. The summed E-state index contributed by atoms with van der Waals surface area (Å²) in [6, 6.07) is 0. The highest BCUT2D eigenvalue weighted by Gasteiger charge is 2.50. The Bertz CT molecular complexity index is 358. The minimum atomic E-state index is -0.968. The molecular weight excluding hydrogens is 284 g/mol. The molecular formula is C13H22O8. The molecule has 0 unspecified atom stereocenters. The zero-order valence-corrected chi connectivity index (χ0v) is 12.9. The summed E-state index contributed by atoms with van der Waals surface area (Å²) in [7, 11) is 4.37. The fraction of sp³-hybridized carbons (Fsp3) is 0.846. The summed E-state index contributed by atoms with van der Waals surface area (Å²) in [5.41, 5.74) is 0. The van der Waals surface area contributed by atoms with E-state index in [1.54, 1.807) is 0 Å². The molecule has 0 aromatic heterocycles. The third-order valence-electron chi connectivity index (χ3n) is 3.05. The monoisotopic (exact) mass is 306 g/mol. The molecule has 8 nitrogen and oxygen atoms in total. The molecule has 0 aliphatic carbocycles. The van der Waals surface area contributed by atoms with Gasteiger partial charge in [0.1, 0.15) is 18.3 Å². The number of carbonyl (C=O) groups is 2. The number of hydrogen-bond donors (Lipinski definition) is 0. The molecule has 0 aromatic rings. The first-order chi connectivity index (χ1) is 9.94. The van der Waals surface area contributed by atoms with Gasteiger partial charge < -0.3 is 28.4 Å². The second-order valence-electron chi connectivity index (χ2n) is 4.58. The number of hydrogen-bond acceptors (Lipinski definition) is 8. The first-order valence-corrected chi connectivity index (χ1v) is 6.49. The summed E-state index contributed by atoms with van der Waals surface area (Å²) < 4.78 is 31.7. The number of ether oxygens (including phenoxy) is 6. The van der Waals surface area contributed by atoms with E-state index in [4.69, 9.17) is 28.4 Å². The molecule has 122 valence electrons. The maximum Gasteiger partial charge on any atom is 0.305 e. The van der Waals surface area contributed by atoms with Gasteiger partial charge in [0.15, 0.2) is 6.10 Å². The molecule has 0 amide bonds. The molecule has 1 fully saturated rings. The van der Waals surface area contributed by atoms with Crippen LogP contribution in [0.1, 0.15) is 13.8 Å². The standard InChI is InChI=1S/C13H22O8/c1-7(14)19-10-9(6-16-3)21-13(20-8(2)15)12(18-5)11(10)17-4/h9-13H,6H2,1-5H3/t9-,10-,11+,12-,13-/m1/s1. The third kappa shape index (κ3) is 4.63. The summed E-state index contributed by atoms with van der Waals surface area (Å²) in [6.45, 7) is 2.70. The lowest BCUT2D eigenvalue weighted by Crippen LogP contribution is -2.61. The predicted molar refractivity (Wildman–Crippen MR) is 69.5 cm³/mol. The van der Waals surface area contributed by atoms with E-state index in [0.29, 0.717) is 0 Å². The normalized spacial score (nSPS) is 32.5. The van der Waals surface area contributed by atoms with Crippen LogP contribution in [0.2, 0.25) is 0 Å². The predicted octanol–water partition coefficient (Wildman–Crippen LogP) is -0.117. The van der Waals surface area contributed by atoms with Crippen LogP contribution < -0.4 is 0 Å². The Labute approximate surface area is 123 Å². The van der Waals surface area contributed by atoms with E-state index in [1.165, 1.54) is 35.2 Å². The summed E-state index contributed by atoms with van der Waals surface area (Å²) in [5, 5.41) is 0. The van der Waals surface area contributed by atoms with Gasteiger partial charge in [-0.25, -0.2) is 0 Å². The lowest BCUT2D eigenvalue weighted by Gasteiger charge is -2.43. The summed E-state index contributed by atoms with van der Waals surface area (Å²) in [5.74, 6) is -0.994. The second-order valence-corrected chi connectivity index (χ2v) is 4.58. The fourth-order valence-electron chi connectivity index (χ4n) is 2.29. The third-order valence-corrected chi connectivity index (χ3v) is 3.05. The van der Waals surface area contributed by atoms with Crippen molar-refractivity contribution in [3.05, 3.63) is 0 Å². The van der Waals surface area contributed by atoms with E-state index in [1.807, 2.05) is 0 Å². The molecule has 8 heteroatoms. The molecule has 0 N–H and O–H groups in total. The van der Waals surface area contributed by atoms with Crippen molar-refractivity contribution < 1.29 is 38.0 Å². The SMILES string of the molecule is COC[C@H]1O[C@@H](OC(C)=O)[C@H](OC)[C@@H](OC)[C@@H]1OC(C)=O. The summed E-state index contributed by atoms with van der Waals surface area (Å²) in [6.07, 6.45) is -3.72. The van der Waals surface area contributed by atoms with E-state index in [-0.39, 0.29) is 6.61 Å². The molecule has 21 heavy (non-hydrogen) atoms. The molecule has 0 radical (unpaired) electrons. The van der Waals surface area contributed by atoms with Gasteiger partial charge in [0.25, 0.3) is 0 Å². The van der Waals surface area contributed by atoms with Gasteiger partial charge >= 0.3 is 11.9 Å². The molecule has 1 aliphatic rings. The molecule has 1 rings (SSSR count). The number of carbonyl (C=O) groups excluding carboxylic acids is 2. The van der Waals surface area contributed by atoms with Crippen LogP contribution in [0, 0.1) is 0 Å². The molecule has 1 aliphatic heterocycles. The van der Waals surface area contributed by atoms with Gasteiger partial charge in [-0.05, 0) is 0 Å². The van der Waals surface area contributed by atoms with Gasteiger partial charge in [-0.3, -0.25) is 9.59 Å². The van der Waals surface area contributed by atoms with Crippen molar-refractivity contribution >= 4 is 11.9 Å². The van der Waals surface area contributed by atoms with Crippen molar-refractivity contribution in [1.29, 1.82) is 0 Å². The van der Waals surface area contributed by atoms with Gasteiger partial charge in [-0.15, -0.1) is 0 Å². The Balaban J connectivity index is 3.00. The topological polar surface area (TPSA) is 89.5 Å². The lowest BCUT2D eigenvalue weighted by atomic mass is 9.98.